The van der Waals surface area contributed by atoms with E-state index >= 15 is 0 Å². The van der Waals surface area contributed by atoms with Gasteiger partial charge < -0.3 is 15.2 Å². The second-order valence-electron chi connectivity index (χ2n) is 6.80. The van der Waals surface area contributed by atoms with Crippen LogP contribution >= 0.6 is 0 Å². The van der Waals surface area contributed by atoms with E-state index in [1.165, 1.54) is 7.11 Å². The molecule has 0 saturated carbocycles. The van der Waals surface area contributed by atoms with Crippen molar-refractivity contribution in [2.24, 2.45) is 0 Å². The Kier molecular flexibility index (Phi) is 4.87. The van der Waals surface area contributed by atoms with Crippen molar-refractivity contribution in [3.8, 4) is 22.8 Å². The van der Waals surface area contributed by atoms with Gasteiger partial charge >= 0.3 is 0 Å². The van der Waals surface area contributed by atoms with Gasteiger partial charge in [-0.1, -0.05) is 35.9 Å². The summed E-state index contributed by atoms with van der Waals surface area (Å²) in [5.41, 5.74) is 4.13. The average Bonchev–Trinajstić information content (AvgIpc) is 2.75. The Balaban J connectivity index is 1.56. The molecule has 144 valence electrons. The van der Waals surface area contributed by atoms with Crippen LogP contribution in [0, 0.1) is 6.92 Å². The molecule has 0 fully saturated rings. The number of amides is 1. The number of phenolic OH excluding ortho intramolecular Hbond substituents is 1. The molecule has 0 aliphatic rings. The maximum atomic E-state index is 12.4. The number of phenols is 1. The molecule has 0 unspecified atom stereocenters. The van der Waals surface area contributed by atoms with Gasteiger partial charge in [-0.3, -0.25) is 9.78 Å². The standard InChI is InChI=1S/C24H20N2O3/c1-15-3-5-17(6-4-15)24(28)26-19-10-7-16(8-11-19)21-13-18-9-12-22(29-2)23(27)20(18)14-25-21/h3-14,27H,1-2H3,(H,26,28). The zero-order valence-corrected chi connectivity index (χ0v) is 16.1. The fourth-order valence-electron chi connectivity index (χ4n) is 3.14. The van der Waals surface area contributed by atoms with Gasteiger partial charge in [-0.2, -0.15) is 0 Å². The number of aromatic hydroxyl groups is 1. The van der Waals surface area contributed by atoms with Crippen LogP contribution in [0.2, 0.25) is 0 Å². The van der Waals surface area contributed by atoms with Gasteiger partial charge in [-0.05, 0) is 48.7 Å². The predicted molar refractivity (Wildman–Crippen MR) is 115 cm³/mol. The molecular weight excluding hydrogens is 364 g/mol. The van der Waals surface area contributed by atoms with E-state index in [2.05, 4.69) is 10.3 Å². The van der Waals surface area contributed by atoms with Crippen molar-refractivity contribution in [2.75, 3.05) is 12.4 Å². The Morgan fingerprint density at radius 2 is 1.72 bits per heavy atom. The summed E-state index contributed by atoms with van der Waals surface area (Å²) in [5.74, 6) is 0.352. The first-order valence-corrected chi connectivity index (χ1v) is 9.19. The molecule has 0 saturated heterocycles. The van der Waals surface area contributed by atoms with Gasteiger partial charge in [-0.15, -0.1) is 0 Å². The molecule has 4 aromatic rings. The first-order chi connectivity index (χ1) is 14.0. The minimum absolute atomic E-state index is 0.0817. The highest BCUT2D eigenvalue weighted by Gasteiger charge is 2.10. The topological polar surface area (TPSA) is 71.5 Å². The summed E-state index contributed by atoms with van der Waals surface area (Å²) in [4.78, 5) is 16.8. The van der Waals surface area contributed by atoms with Gasteiger partial charge in [0.15, 0.2) is 11.5 Å². The smallest absolute Gasteiger partial charge is 0.255 e. The zero-order valence-electron chi connectivity index (χ0n) is 16.1. The summed E-state index contributed by atoms with van der Waals surface area (Å²) in [6.07, 6.45) is 1.63. The van der Waals surface area contributed by atoms with Crippen molar-refractivity contribution in [2.45, 2.75) is 6.92 Å². The van der Waals surface area contributed by atoms with E-state index in [0.717, 1.165) is 22.2 Å². The van der Waals surface area contributed by atoms with Crippen molar-refractivity contribution in [1.82, 2.24) is 4.98 Å². The molecule has 1 heterocycles. The van der Waals surface area contributed by atoms with Crippen LogP contribution < -0.4 is 10.1 Å². The van der Waals surface area contributed by atoms with E-state index in [9.17, 15) is 9.90 Å². The fraction of sp³-hybridized carbons (Fsp3) is 0.0833. The first-order valence-electron chi connectivity index (χ1n) is 9.19. The lowest BCUT2D eigenvalue weighted by Gasteiger charge is -2.09. The second kappa shape index (κ2) is 7.64. The number of nitrogens with zero attached hydrogens (tertiary/aromatic N) is 1. The molecule has 0 spiro atoms. The summed E-state index contributed by atoms with van der Waals surface area (Å²) < 4.78 is 5.14. The number of hydrogen-bond acceptors (Lipinski definition) is 4. The fourth-order valence-corrected chi connectivity index (χ4v) is 3.14. The van der Waals surface area contributed by atoms with Crippen LogP contribution in [0.25, 0.3) is 22.0 Å². The number of rotatable bonds is 4. The average molecular weight is 384 g/mol. The van der Waals surface area contributed by atoms with Crippen LogP contribution in [-0.4, -0.2) is 23.1 Å². The largest absolute Gasteiger partial charge is 0.504 e. The quantitative estimate of drug-likeness (QED) is 0.509. The number of carbonyl (C=O) groups is 1. The summed E-state index contributed by atoms with van der Waals surface area (Å²) >= 11 is 0. The summed E-state index contributed by atoms with van der Waals surface area (Å²) in [5, 5.41) is 14.6. The first kappa shape index (κ1) is 18.5. The highest BCUT2D eigenvalue weighted by molar-refractivity contribution is 6.04. The molecule has 5 heteroatoms. The number of fused-ring (bicyclic) bond motifs is 1. The summed E-state index contributed by atoms with van der Waals surface area (Å²) in [7, 11) is 1.52. The van der Waals surface area contributed by atoms with Crippen molar-refractivity contribution < 1.29 is 14.6 Å². The molecule has 0 aliphatic carbocycles. The van der Waals surface area contributed by atoms with E-state index in [-0.39, 0.29) is 11.7 Å². The maximum absolute atomic E-state index is 12.4. The Labute approximate surface area is 168 Å². The maximum Gasteiger partial charge on any atom is 0.255 e. The Morgan fingerprint density at radius 3 is 2.41 bits per heavy atom. The number of aromatic nitrogens is 1. The third-order valence-electron chi connectivity index (χ3n) is 4.81. The Morgan fingerprint density at radius 1 is 1.00 bits per heavy atom. The third-order valence-corrected chi connectivity index (χ3v) is 4.81. The number of pyridine rings is 1. The van der Waals surface area contributed by atoms with E-state index in [1.807, 2.05) is 67.6 Å². The molecule has 29 heavy (non-hydrogen) atoms. The minimum Gasteiger partial charge on any atom is -0.504 e. The minimum atomic E-state index is -0.147. The van der Waals surface area contributed by atoms with E-state index in [0.29, 0.717) is 22.4 Å². The molecular formula is C24H20N2O3. The number of anilines is 1. The number of hydrogen-bond donors (Lipinski definition) is 2. The predicted octanol–water partition coefficient (Wildman–Crippen LogP) is 5.18. The van der Waals surface area contributed by atoms with Gasteiger partial charge in [0.1, 0.15) is 0 Å². The van der Waals surface area contributed by atoms with E-state index < -0.39 is 0 Å². The van der Waals surface area contributed by atoms with Gasteiger partial charge in [0.2, 0.25) is 0 Å². The SMILES string of the molecule is COc1ccc2cc(-c3ccc(NC(=O)c4ccc(C)cc4)cc3)ncc2c1O. The number of carbonyl (C=O) groups excluding carboxylic acids is 1. The highest BCUT2D eigenvalue weighted by atomic mass is 16.5. The van der Waals surface area contributed by atoms with Gasteiger partial charge in [0, 0.05) is 28.4 Å². The van der Waals surface area contributed by atoms with Gasteiger partial charge in [-0.25, -0.2) is 0 Å². The molecule has 4 rings (SSSR count). The third kappa shape index (κ3) is 3.75. The monoisotopic (exact) mass is 384 g/mol. The lowest BCUT2D eigenvalue weighted by atomic mass is 10.1. The zero-order chi connectivity index (χ0) is 20.4. The van der Waals surface area contributed by atoms with E-state index in [4.69, 9.17) is 4.74 Å². The normalized spacial score (nSPS) is 10.7. The second-order valence-corrected chi connectivity index (χ2v) is 6.80. The van der Waals surface area contributed by atoms with Gasteiger partial charge in [0.05, 0.1) is 12.8 Å². The van der Waals surface area contributed by atoms with Crippen LogP contribution in [-0.2, 0) is 0 Å². The molecule has 1 amide bonds. The highest BCUT2D eigenvalue weighted by Crippen LogP contribution is 2.35. The Hall–Kier alpha value is -3.86. The Bertz CT molecular complexity index is 1180. The molecule has 2 N–H and O–H groups in total. The molecule has 5 nitrogen and oxygen atoms in total. The van der Waals surface area contributed by atoms with Crippen molar-refractivity contribution >= 4 is 22.4 Å². The lowest BCUT2D eigenvalue weighted by molar-refractivity contribution is 0.102. The van der Waals surface area contributed by atoms with Crippen molar-refractivity contribution in [3.05, 3.63) is 84.1 Å². The number of ether oxygens (including phenoxy) is 1. The van der Waals surface area contributed by atoms with E-state index in [1.54, 1.807) is 12.3 Å². The lowest BCUT2D eigenvalue weighted by Crippen LogP contribution is -2.11. The molecule has 3 aromatic carbocycles. The summed E-state index contributed by atoms with van der Waals surface area (Å²) in [6.45, 7) is 1.99. The molecule has 0 bridgehead atoms. The molecule has 0 aliphatic heterocycles. The van der Waals surface area contributed by atoms with Crippen LogP contribution in [0.4, 0.5) is 5.69 Å². The van der Waals surface area contributed by atoms with Crippen molar-refractivity contribution in [1.29, 1.82) is 0 Å². The number of methoxy groups -OCH3 is 1. The number of aryl methyl sites for hydroxylation is 1. The van der Waals surface area contributed by atoms with Crippen LogP contribution in [0.1, 0.15) is 15.9 Å². The van der Waals surface area contributed by atoms with Crippen LogP contribution in [0.5, 0.6) is 11.5 Å². The van der Waals surface area contributed by atoms with Crippen LogP contribution in [0.15, 0.2) is 72.9 Å². The number of benzene rings is 3. The molecule has 0 radical (unpaired) electrons. The van der Waals surface area contributed by atoms with Gasteiger partial charge in [0.25, 0.3) is 5.91 Å². The summed E-state index contributed by atoms with van der Waals surface area (Å²) in [6, 6.07) is 20.5. The number of nitrogens with one attached hydrogen (secondary N) is 1. The molecule has 1 aromatic heterocycles. The molecule has 0 atom stereocenters. The van der Waals surface area contributed by atoms with Crippen molar-refractivity contribution in [3.63, 3.8) is 0 Å². The van der Waals surface area contributed by atoms with Crippen LogP contribution in [0.3, 0.4) is 0 Å².